The maximum absolute atomic E-state index is 11.2. The lowest BCUT2D eigenvalue weighted by atomic mass is 10.3. The van der Waals surface area contributed by atoms with E-state index < -0.39 is 0 Å². The van der Waals surface area contributed by atoms with Gasteiger partial charge in [0.05, 0.1) is 18.4 Å². The van der Waals surface area contributed by atoms with E-state index in [1.165, 1.54) is 6.33 Å². The molecule has 0 aliphatic heterocycles. The standard InChI is InChI=1S/C11H13N3O2S/c1-2-16-9(15)3-5-12-10-8-4-6-17-11(8)14-7-13-10/h4,6-7H,2-3,5H2,1H3,(H,12,13,14). The summed E-state index contributed by atoms with van der Waals surface area (Å²) >= 11 is 1.57. The van der Waals surface area contributed by atoms with Gasteiger partial charge >= 0.3 is 5.97 Å². The molecule has 90 valence electrons. The van der Waals surface area contributed by atoms with Crippen LogP contribution in [0.1, 0.15) is 13.3 Å². The number of esters is 1. The number of ether oxygens (including phenoxy) is 1. The molecule has 5 nitrogen and oxygen atoms in total. The number of carbonyl (C=O) groups is 1. The third-order valence-corrected chi connectivity index (χ3v) is 3.01. The first-order chi connectivity index (χ1) is 8.31. The molecule has 0 saturated heterocycles. The number of hydrogen-bond donors (Lipinski definition) is 1. The lowest BCUT2D eigenvalue weighted by Gasteiger charge is -2.05. The van der Waals surface area contributed by atoms with E-state index in [-0.39, 0.29) is 5.97 Å². The molecule has 0 aliphatic carbocycles. The minimum atomic E-state index is -0.199. The number of hydrogen-bond acceptors (Lipinski definition) is 6. The zero-order valence-corrected chi connectivity index (χ0v) is 10.3. The molecule has 2 heterocycles. The Balaban J connectivity index is 1.95. The highest BCUT2D eigenvalue weighted by atomic mass is 32.1. The van der Waals surface area contributed by atoms with Gasteiger partial charge in [0.1, 0.15) is 17.0 Å². The molecule has 6 heteroatoms. The van der Waals surface area contributed by atoms with Crippen molar-refractivity contribution in [2.45, 2.75) is 13.3 Å². The Morgan fingerprint density at radius 1 is 1.53 bits per heavy atom. The largest absolute Gasteiger partial charge is 0.466 e. The fraction of sp³-hybridized carbons (Fsp3) is 0.364. The second-order valence-corrected chi connectivity index (χ2v) is 4.24. The van der Waals surface area contributed by atoms with E-state index in [1.807, 2.05) is 11.4 Å². The monoisotopic (exact) mass is 251 g/mol. The Kier molecular flexibility index (Phi) is 3.87. The number of carbonyl (C=O) groups excluding carboxylic acids is 1. The average molecular weight is 251 g/mol. The van der Waals surface area contributed by atoms with E-state index >= 15 is 0 Å². The first-order valence-corrected chi connectivity index (χ1v) is 6.27. The van der Waals surface area contributed by atoms with Gasteiger partial charge < -0.3 is 10.1 Å². The molecule has 0 bridgehead atoms. The Bertz CT molecular complexity index is 512. The topological polar surface area (TPSA) is 64.1 Å². The zero-order chi connectivity index (χ0) is 12.1. The summed E-state index contributed by atoms with van der Waals surface area (Å²) in [6.07, 6.45) is 1.86. The fourth-order valence-corrected chi connectivity index (χ4v) is 2.18. The smallest absolute Gasteiger partial charge is 0.307 e. The molecule has 2 aromatic rings. The summed E-state index contributed by atoms with van der Waals surface area (Å²) in [6.45, 7) is 2.73. The van der Waals surface area contributed by atoms with Gasteiger partial charge in [0.15, 0.2) is 0 Å². The SMILES string of the molecule is CCOC(=O)CCNc1ncnc2sccc12. The number of thiophene rings is 1. The first-order valence-electron chi connectivity index (χ1n) is 5.39. The quantitative estimate of drug-likeness (QED) is 0.824. The van der Waals surface area contributed by atoms with Crippen LogP contribution in [0.5, 0.6) is 0 Å². The molecule has 0 atom stereocenters. The van der Waals surface area contributed by atoms with E-state index in [2.05, 4.69) is 15.3 Å². The van der Waals surface area contributed by atoms with E-state index in [0.717, 1.165) is 16.0 Å². The summed E-state index contributed by atoms with van der Waals surface area (Å²) in [5.74, 6) is 0.566. The summed E-state index contributed by atoms with van der Waals surface area (Å²) in [6, 6.07) is 1.96. The molecule has 0 saturated carbocycles. The molecule has 0 spiro atoms. The minimum absolute atomic E-state index is 0.199. The van der Waals surface area contributed by atoms with E-state index in [0.29, 0.717) is 19.6 Å². The van der Waals surface area contributed by atoms with Crippen molar-refractivity contribution < 1.29 is 9.53 Å². The first kappa shape index (κ1) is 11.8. The lowest BCUT2D eigenvalue weighted by Crippen LogP contribution is -2.12. The normalized spacial score (nSPS) is 10.4. The van der Waals surface area contributed by atoms with Crippen molar-refractivity contribution in [1.29, 1.82) is 0 Å². The number of fused-ring (bicyclic) bond motifs is 1. The van der Waals surface area contributed by atoms with E-state index in [9.17, 15) is 4.79 Å². The Labute approximate surface area is 103 Å². The third kappa shape index (κ3) is 2.91. The molecule has 2 rings (SSSR count). The molecule has 0 amide bonds. The summed E-state index contributed by atoms with van der Waals surface area (Å²) in [7, 11) is 0. The van der Waals surface area contributed by atoms with Gasteiger partial charge in [-0.05, 0) is 18.4 Å². The van der Waals surface area contributed by atoms with Gasteiger partial charge in [-0.25, -0.2) is 9.97 Å². The predicted molar refractivity (Wildman–Crippen MR) is 67.2 cm³/mol. The van der Waals surface area contributed by atoms with Crippen LogP contribution in [0.15, 0.2) is 17.8 Å². The lowest BCUT2D eigenvalue weighted by molar-refractivity contribution is -0.142. The van der Waals surface area contributed by atoms with Crippen LogP contribution in [-0.4, -0.2) is 29.1 Å². The highest BCUT2D eigenvalue weighted by molar-refractivity contribution is 7.16. The molecule has 1 N–H and O–H groups in total. The highest BCUT2D eigenvalue weighted by Crippen LogP contribution is 2.23. The van der Waals surface area contributed by atoms with Crippen LogP contribution in [0.2, 0.25) is 0 Å². The number of aromatic nitrogens is 2. The number of nitrogens with one attached hydrogen (secondary N) is 1. The van der Waals surface area contributed by atoms with Crippen LogP contribution in [0.4, 0.5) is 5.82 Å². The van der Waals surface area contributed by atoms with Crippen LogP contribution in [0, 0.1) is 0 Å². The molecule has 2 aromatic heterocycles. The van der Waals surface area contributed by atoms with Crippen molar-refractivity contribution >= 4 is 33.3 Å². The molecule has 0 aromatic carbocycles. The van der Waals surface area contributed by atoms with Crippen LogP contribution in [-0.2, 0) is 9.53 Å². The maximum atomic E-state index is 11.2. The molecular weight excluding hydrogens is 238 g/mol. The molecular formula is C11H13N3O2S. The minimum Gasteiger partial charge on any atom is -0.466 e. The Morgan fingerprint density at radius 2 is 2.41 bits per heavy atom. The van der Waals surface area contributed by atoms with Crippen LogP contribution >= 0.6 is 11.3 Å². The molecule has 17 heavy (non-hydrogen) atoms. The second kappa shape index (κ2) is 5.58. The van der Waals surface area contributed by atoms with E-state index in [4.69, 9.17) is 4.74 Å². The van der Waals surface area contributed by atoms with Gasteiger partial charge in [-0.1, -0.05) is 0 Å². The van der Waals surface area contributed by atoms with Gasteiger partial charge in [0.25, 0.3) is 0 Å². The Morgan fingerprint density at radius 3 is 3.24 bits per heavy atom. The molecule has 0 fully saturated rings. The molecule has 0 aliphatic rings. The Hall–Kier alpha value is -1.69. The van der Waals surface area contributed by atoms with Crippen molar-refractivity contribution in [3.8, 4) is 0 Å². The van der Waals surface area contributed by atoms with Gasteiger partial charge in [0.2, 0.25) is 0 Å². The van der Waals surface area contributed by atoms with Crippen molar-refractivity contribution in [1.82, 2.24) is 9.97 Å². The van der Waals surface area contributed by atoms with Crippen molar-refractivity contribution in [3.05, 3.63) is 17.8 Å². The zero-order valence-electron chi connectivity index (χ0n) is 9.47. The summed E-state index contributed by atoms with van der Waals surface area (Å²) in [5, 5.41) is 6.07. The predicted octanol–water partition coefficient (Wildman–Crippen LogP) is 2.06. The maximum Gasteiger partial charge on any atom is 0.307 e. The van der Waals surface area contributed by atoms with Gasteiger partial charge in [-0.3, -0.25) is 4.79 Å². The van der Waals surface area contributed by atoms with Crippen molar-refractivity contribution in [2.75, 3.05) is 18.5 Å². The fourth-order valence-electron chi connectivity index (χ4n) is 1.45. The summed E-state index contributed by atoms with van der Waals surface area (Å²) in [5.41, 5.74) is 0. The summed E-state index contributed by atoms with van der Waals surface area (Å²) < 4.78 is 4.84. The van der Waals surface area contributed by atoms with E-state index in [1.54, 1.807) is 18.3 Å². The van der Waals surface area contributed by atoms with Gasteiger partial charge in [0, 0.05) is 6.54 Å². The van der Waals surface area contributed by atoms with Crippen LogP contribution in [0.25, 0.3) is 10.2 Å². The number of rotatable bonds is 5. The third-order valence-electron chi connectivity index (χ3n) is 2.19. The number of anilines is 1. The average Bonchev–Trinajstić information content (AvgIpc) is 2.78. The van der Waals surface area contributed by atoms with Gasteiger partial charge in [-0.2, -0.15) is 0 Å². The molecule has 0 radical (unpaired) electrons. The summed E-state index contributed by atoms with van der Waals surface area (Å²) in [4.78, 5) is 20.4. The second-order valence-electron chi connectivity index (χ2n) is 3.34. The van der Waals surface area contributed by atoms with Crippen LogP contribution in [0.3, 0.4) is 0 Å². The van der Waals surface area contributed by atoms with Crippen molar-refractivity contribution in [3.63, 3.8) is 0 Å². The van der Waals surface area contributed by atoms with Gasteiger partial charge in [-0.15, -0.1) is 11.3 Å². The number of nitrogens with zero attached hydrogens (tertiary/aromatic N) is 2. The van der Waals surface area contributed by atoms with Crippen molar-refractivity contribution in [2.24, 2.45) is 0 Å². The highest BCUT2D eigenvalue weighted by Gasteiger charge is 2.05. The van der Waals surface area contributed by atoms with Crippen LogP contribution < -0.4 is 5.32 Å². The molecule has 0 unspecified atom stereocenters.